The number of carbonyl (C=O) groups excluding carboxylic acids is 1. The van der Waals surface area contributed by atoms with Crippen molar-refractivity contribution in [2.45, 2.75) is 52.0 Å². The van der Waals surface area contributed by atoms with E-state index in [1.54, 1.807) is 51.1 Å². The molecule has 10 heteroatoms. The lowest BCUT2D eigenvalue weighted by atomic mass is 10.1. The summed E-state index contributed by atoms with van der Waals surface area (Å²) in [4.78, 5) is 23.9. The van der Waals surface area contributed by atoms with Crippen LogP contribution in [0.3, 0.4) is 0 Å². The lowest BCUT2D eigenvalue weighted by Gasteiger charge is -2.22. The van der Waals surface area contributed by atoms with Gasteiger partial charge in [-0.1, -0.05) is 59.6 Å². The number of amides is 1. The van der Waals surface area contributed by atoms with E-state index in [4.69, 9.17) is 43.1 Å². The lowest BCUT2D eigenvalue weighted by molar-refractivity contribution is -0.139. The molecule has 4 N–H and O–H groups in total. The quantitative estimate of drug-likeness (QED) is 0.160. The molecule has 0 spiro atoms. The van der Waals surface area contributed by atoms with E-state index in [1.165, 1.54) is 0 Å². The minimum atomic E-state index is -1.26. The fourth-order valence-electron chi connectivity index (χ4n) is 4.25. The van der Waals surface area contributed by atoms with Gasteiger partial charge in [0.15, 0.2) is 5.75 Å². The number of alkyl carbamates (subject to hydrolysis) is 1. The number of hydrogen-bond acceptors (Lipinski definition) is 6. The number of halogens is 2. The molecule has 0 radical (unpaired) electrons. The van der Waals surface area contributed by atoms with Crippen LogP contribution in [0.25, 0.3) is 10.8 Å². The number of carboxylic acid groups (broad SMARTS) is 1. The van der Waals surface area contributed by atoms with Gasteiger partial charge in [-0.05, 0) is 79.1 Å². The average Bonchev–Trinajstić information content (AvgIpc) is 2.90. The zero-order valence-electron chi connectivity index (χ0n) is 23.4. The van der Waals surface area contributed by atoms with Crippen LogP contribution in [0.2, 0.25) is 10.0 Å². The predicted molar refractivity (Wildman–Crippen MR) is 164 cm³/mol. The first kappa shape index (κ1) is 30.8. The van der Waals surface area contributed by atoms with E-state index in [0.29, 0.717) is 29.2 Å². The molecule has 0 bridgehead atoms. The summed E-state index contributed by atoms with van der Waals surface area (Å²) in [5.74, 6) is -0.415. The summed E-state index contributed by atoms with van der Waals surface area (Å²) in [6.45, 7) is 5.47. The van der Waals surface area contributed by atoms with Gasteiger partial charge in [-0.15, -0.1) is 0 Å². The highest BCUT2D eigenvalue weighted by atomic mass is 35.5. The van der Waals surface area contributed by atoms with Gasteiger partial charge >= 0.3 is 12.1 Å². The van der Waals surface area contributed by atoms with E-state index < -0.39 is 23.7 Å². The maximum atomic E-state index is 12.1. The van der Waals surface area contributed by atoms with Gasteiger partial charge in [-0.25, -0.2) is 9.59 Å². The number of benzene rings is 4. The normalized spacial score (nSPS) is 12.0. The number of nitrogens with two attached hydrogens (primary N) is 1. The maximum Gasteiger partial charge on any atom is 0.408 e. The van der Waals surface area contributed by atoms with Crippen LogP contribution in [-0.2, 0) is 29.2 Å². The van der Waals surface area contributed by atoms with Crippen molar-refractivity contribution in [1.29, 1.82) is 0 Å². The Bertz CT molecular complexity index is 1580. The van der Waals surface area contributed by atoms with Gasteiger partial charge in [0.25, 0.3) is 0 Å². The van der Waals surface area contributed by atoms with E-state index in [2.05, 4.69) is 29.6 Å². The average molecular weight is 612 g/mol. The number of aliphatic carboxylic acids is 1. The minimum Gasteiger partial charge on any atom is -0.488 e. The Morgan fingerprint density at radius 3 is 2.24 bits per heavy atom. The summed E-state index contributed by atoms with van der Waals surface area (Å²) in [5, 5.41) is 14.6. The van der Waals surface area contributed by atoms with Gasteiger partial charge in [-0.3, -0.25) is 0 Å². The van der Waals surface area contributed by atoms with E-state index >= 15 is 0 Å². The number of rotatable bonds is 10. The van der Waals surface area contributed by atoms with Gasteiger partial charge < -0.3 is 30.4 Å². The third-order valence-corrected chi connectivity index (χ3v) is 6.71. The molecule has 1 unspecified atom stereocenters. The molecule has 0 aromatic heterocycles. The molecular formula is C32H32Cl2N2O6. The van der Waals surface area contributed by atoms with Gasteiger partial charge in [-0.2, -0.15) is 0 Å². The molecule has 0 saturated carbocycles. The first-order valence-electron chi connectivity index (χ1n) is 13.2. The Hall–Kier alpha value is -4.14. The summed E-state index contributed by atoms with van der Waals surface area (Å²) in [5.41, 5.74) is 8.00. The van der Waals surface area contributed by atoms with E-state index in [-0.39, 0.29) is 28.8 Å². The number of nitrogen functional groups attached to an aromatic ring is 1. The second-order valence-electron chi connectivity index (χ2n) is 10.8. The van der Waals surface area contributed by atoms with E-state index in [1.807, 2.05) is 18.2 Å². The van der Waals surface area contributed by atoms with Gasteiger partial charge in [0.1, 0.15) is 30.6 Å². The van der Waals surface area contributed by atoms with Crippen LogP contribution in [-0.4, -0.2) is 28.8 Å². The Balaban J connectivity index is 1.44. The van der Waals surface area contributed by atoms with Crippen LogP contribution in [0, 0.1) is 0 Å². The standard InChI is InChI=1S/C32H32Cl2N2O6/c1-32(2,3)42-31(39)36-27(30(37)38)15-20-13-25(33)29(26(34)14-20)41-18-23-16-24(35)10-11-28(23)40-17-19-8-9-21-6-4-5-7-22(21)12-19/h4-14,16,27H,15,17-18,35H2,1-3H3,(H,36,39)(H,37,38). The molecule has 4 aromatic carbocycles. The molecule has 8 nitrogen and oxygen atoms in total. The SMILES string of the molecule is CC(C)(C)OC(=O)NC(Cc1cc(Cl)c(OCc2cc(N)ccc2OCc2ccc3ccccc3c2)c(Cl)c1)C(=O)O. The van der Waals surface area contributed by atoms with Crippen LogP contribution >= 0.6 is 23.2 Å². The highest BCUT2D eigenvalue weighted by Crippen LogP contribution is 2.36. The van der Waals surface area contributed by atoms with Crippen molar-refractivity contribution in [3.63, 3.8) is 0 Å². The topological polar surface area (TPSA) is 120 Å². The number of carbonyl (C=O) groups is 2. The lowest BCUT2D eigenvalue weighted by Crippen LogP contribution is -2.44. The molecule has 4 rings (SSSR count). The Kier molecular flexibility index (Phi) is 9.70. The van der Waals surface area contributed by atoms with E-state index in [0.717, 1.165) is 16.3 Å². The fraction of sp³-hybridized carbons (Fsp3) is 0.250. The zero-order valence-corrected chi connectivity index (χ0v) is 25.0. The second-order valence-corrected chi connectivity index (χ2v) is 11.6. The van der Waals surface area contributed by atoms with Crippen LogP contribution in [0.4, 0.5) is 10.5 Å². The Morgan fingerprint density at radius 1 is 0.881 bits per heavy atom. The summed E-state index contributed by atoms with van der Waals surface area (Å²) >= 11 is 13.0. The molecular weight excluding hydrogens is 579 g/mol. The van der Waals surface area contributed by atoms with Crippen molar-refractivity contribution < 1.29 is 28.9 Å². The van der Waals surface area contributed by atoms with Gasteiger partial charge in [0.2, 0.25) is 0 Å². The van der Waals surface area contributed by atoms with Crippen molar-refractivity contribution in [2.75, 3.05) is 5.73 Å². The molecule has 1 atom stereocenters. The highest BCUT2D eigenvalue weighted by Gasteiger charge is 2.25. The monoisotopic (exact) mass is 610 g/mol. The fourth-order valence-corrected chi connectivity index (χ4v) is 4.89. The maximum absolute atomic E-state index is 12.1. The zero-order chi connectivity index (χ0) is 30.4. The molecule has 1 amide bonds. The summed E-state index contributed by atoms with van der Waals surface area (Å²) in [6, 6.07) is 21.4. The van der Waals surface area contributed by atoms with Crippen LogP contribution in [0.5, 0.6) is 11.5 Å². The number of ether oxygens (including phenoxy) is 3. The third-order valence-electron chi connectivity index (χ3n) is 6.15. The molecule has 0 aliphatic carbocycles. The highest BCUT2D eigenvalue weighted by molar-refractivity contribution is 6.37. The molecule has 0 heterocycles. The second kappa shape index (κ2) is 13.2. The third kappa shape index (κ3) is 8.44. The number of fused-ring (bicyclic) bond motifs is 1. The first-order chi connectivity index (χ1) is 19.9. The van der Waals surface area contributed by atoms with Gasteiger partial charge in [0, 0.05) is 17.7 Å². The number of nitrogens with one attached hydrogen (secondary N) is 1. The van der Waals surface area contributed by atoms with Crippen molar-refractivity contribution in [3.8, 4) is 11.5 Å². The molecule has 0 fully saturated rings. The first-order valence-corrected chi connectivity index (χ1v) is 14.0. The molecule has 4 aromatic rings. The van der Waals surface area contributed by atoms with Crippen LogP contribution in [0.15, 0.2) is 72.8 Å². The molecule has 0 saturated heterocycles. The number of hydrogen-bond donors (Lipinski definition) is 3. The molecule has 0 aliphatic rings. The minimum absolute atomic E-state index is 0.0643. The summed E-state index contributed by atoms with van der Waals surface area (Å²) < 4.78 is 17.3. The molecule has 220 valence electrons. The van der Waals surface area contributed by atoms with Crippen molar-refractivity contribution in [1.82, 2.24) is 5.32 Å². The van der Waals surface area contributed by atoms with E-state index in [9.17, 15) is 14.7 Å². The largest absolute Gasteiger partial charge is 0.488 e. The number of carboxylic acids is 1. The van der Waals surface area contributed by atoms with Crippen LogP contribution in [0.1, 0.15) is 37.5 Å². The molecule has 0 aliphatic heterocycles. The number of anilines is 1. The Morgan fingerprint density at radius 2 is 1.57 bits per heavy atom. The predicted octanol–water partition coefficient (Wildman–Crippen LogP) is 7.41. The van der Waals surface area contributed by atoms with Gasteiger partial charge in [0.05, 0.1) is 10.0 Å². The smallest absolute Gasteiger partial charge is 0.408 e. The van der Waals surface area contributed by atoms with Crippen LogP contribution < -0.4 is 20.5 Å². The summed E-state index contributed by atoms with van der Waals surface area (Å²) in [6.07, 6.45) is -0.913. The van der Waals surface area contributed by atoms with Crippen molar-refractivity contribution >= 4 is 51.7 Å². The summed E-state index contributed by atoms with van der Waals surface area (Å²) in [7, 11) is 0. The van der Waals surface area contributed by atoms with Crippen molar-refractivity contribution in [3.05, 3.63) is 99.5 Å². The van der Waals surface area contributed by atoms with Crippen molar-refractivity contribution in [2.24, 2.45) is 0 Å². The molecule has 42 heavy (non-hydrogen) atoms. The Labute approximate surface area is 254 Å².